The van der Waals surface area contributed by atoms with Gasteiger partial charge in [-0.3, -0.25) is 4.79 Å². The van der Waals surface area contributed by atoms with E-state index in [0.29, 0.717) is 11.7 Å². The summed E-state index contributed by atoms with van der Waals surface area (Å²) < 4.78 is 5.38. The molecular weight excluding hydrogens is 284 g/mol. The maximum absolute atomic E-state index is 11.8. The molecule has 108 valence electrons. The molecule has 0 spiro atoms. The van der Waals surface area contributed by atoms with Gasteiger partial charge in [-0.25, -0.2) is 0 Å². The van der Waals surface area contributed by atoms with Gasteiger partial charge in [-0.2, -0.15) is 0 Å². The Hall–Kier alpha value is -0.650. The molecule has 1 saturated heterocycles. The SMILES string of the molecule is CSc1ccc(C(=O)NCCC2CCCNC2)o1.Cl. The monoisotopic (exact) mass is 304 g/mol. The summed E-state index contributed by atoms with van der Waals surface area (Å²) in [6.45, 7) is 2.93. The minimum atomic E-state index is -0.112. The molecule has 1 amide bonds. The molecular formula is C13H21ClN2O2S. The molecule has 0 radical (unpaired) electrons. The highest BCUT2D eigenvalue weighted by molar-refractivity contribution is 7.98. The van der Waals surface area contributed by atoms with Gasteiger partial charge in [-0.1, -0.05) is 11.8 Å². The minimum absolute atomic E-state index is 0. The standard InChI is InChI=1S/C13H20N2O2S.ClH/c1-18-12-5-4-11(17-12)13(16)15-8-6-10-3-2-7-14-9-10;/h4-5,10,14H,2-3,6-9H2,1H3,(H,15,16);1H. The van der Waals surface area contributed by atoms with Crippen molar-refractivity contribution < 1.29 is 9.21 Å². The van der Waals surface area contributed by atoms with Crippen LogP contribution in [0.4, 0.5) is 0 Å². The van der Waals surface area contributed by atoms with Gasteiger partial charge in [0.25, 0.3) is 5.91 Å². The first kappa shape index (κ1) is 16.4. The highest BCUT2D eigenvalue weighted by Crippen LogP contribution is 2.18. The molecule has 1 fully saturated rings. The first-order valence-corrected chi connectivity index (χ1v) is 7.65. The van der Waals surface area contributed by atoms with Gasteiger partial charge in [0.15, 0.2) is 10.9 Å². The second-order valence-corrected chi connectivity index (χ2v) is 5.39. The topological polar surface area (TPSA) is 54.3 Å². The van der Waals surface area contributed by atoms with Gasteiger partial charge in [-0.05, 0) is 56.7 Å². The summed E-state index contributed by atoms with van der Waals surface area (Å²) in [7, 11) is 0. The van der Waals surface area contributed by atoms with Crippen molar-refractivity contribution in [2.45, 2.75) is 24.4 Å². The number of halogens is 1. The maximum atomic E-state index is 11.8. The smallest absolute Gasteiger partial charge is 0.287 e. The maximum Gasteiger partial charge on any atom is 0.287 e. The van der Waals surface area contributed by atoms with Crippen LogP contribution < -0.4 is 10.6 Å². The van der Waals surface area contributed by atoms with Crippen LogP contribution in [0.25, 0.3) is 0 Å². The van der Waals surface area contributed by atoms with Crippen molar-refractivity contribution in [1.82, 2.24) is 10.6 Å². The molecule has 2 heterocycles. The third-order valence-electron chi connectivity index (χ3n) is 3.24. The van der Waals surface area contributed by atoms with Gasteiger partial charge in [0.1, 0.15) is 0 Å². The average Bonchev–Trinajstić information content (AvgIpc) is 2.89. The lowest BCUT2D eigenvalue weighted by molar-refractivity contribution is 0.0918. The van der Waals surface area contributed by atoms with Gasteiger partial charge in [0.05, 0.1) is 0 Å². The first-order valence-electron chi connectivity index (χ1n) is 6.42. The molecule has 1 unspecified atom stereocenters. The van der Waals surface area contributed by atoms with Gasteiger partial charge in [0.2, 0.25) is 0 Å². The van der Waals surface area contributed by atoms with Crippen molar-refractivity contribution in [2.75, 3.05) is 25.9 Å². The first-order chi connectivity index (χ1) is 8.79. The predicted octanol–water partition coefficient (Wildman–Crippen LogP) is 2.54. The van der Waals surface area contributed by atoms with Gasteiger partial charge in [-0.15, -0.1) is 12.4 Å². The summed E-state index contributed by atoms with van der Waals surface area (Å²) in [6, 6.07) is 3.55. The van der Waals surface area contributed by atoms with E-state index in [1.807, 2.05) is 12.3 Å². The van der Waals surface area contributed by atoms with Crippen molar-refractivity contribution in [3.05, 3.63) is 17.9 Å². The Morgan fingerprint density at radius 3 is 3.05 bits per heavy atom. The quantitative estimate of drug-likeness (QED) is 0.821. The molecule has 1 atom stereocenters. The number of thioether (sulfide) groups is 1. The summed E-state index contributed by atoms with van der Waals surface area (Å²) >= 11 is 1.50. The zero-order valence-corrected chi connectivity index (χ0v) is 12.7. The number of carbonyl (C=O) groups excluding carboxylic acids is 1. The Morgan fingerprint density at radius 1 is 1.58 bits per heavy atom. The summed E-state index contributed by atoms with van der Waals surface area (Å²) in [4.78, 5) is 11.8. The lowest BCUT2D eigenvalue weighted by atomic mass is 9.96. The van der Waals surface area contributed by atoms with Crippen LogP contribution in [-0.2, 0) is 0 Å². The number of carbonyl (C=O) groups is 1. The van der Waals surface area contributed by atoms with Crippen LogP contribution in [-0.4, -0.2) is 31.8 Å². The largest absolute Gasteiger partial charge is 0.445 e. The zero-order valence-electron chi connectivity index (χ0n) is 11.1. The zero-order chi connectivity index (χ0) is 12.8. The lowest BCUT2D eigenvalue weighted by Crippen LogP contribution is -2.33. The summed E-state index contributed by atoms with van der Waals surface area (Å²) in [6.07, 6.45) is 5.47. The second kappa shape index (κ2) is 8.51. The molecule has 4 nitrogen and oxygen atoms in total. The fourth-order valence-electron chi connectivity index (χ4n) is 2.20. The third-order valence-corrected chi connectivity index (χ3v) is 3.87. The number of nitrogens with one attached hydrogen (secondary N) is 2. The molecule has 19 heavy (non-hydrogen) atoms. The van der Waals surface area contributed by atoms with Crippen LogP contribution in [0.2, 0.25) is 0 Å². The van der Waals surface area contributed by atoms with E-state index < -0.39 is 0 Å². The van der Waals surface area contributed by atoms with E-state index in [-0.39, 0.29) is 18.3 Å². The molecule has 0 aromatic carbocycles. The van der Waals surface area contributed by atoms with E-state index in [4.69, 9.17) is 4.42 Å². The van der Waals surface area contributed by atoms with Gasteiger partial charge >= 0.3 is 0 Å². The number of hydrogen-bond acceptors (Lipinski definition) is 4. The fraction of sp³-hybridized carbons (Fsp3) is 0.615. The van der Waals surface area contributed by atoms with Crippen LogP contribution in [0.1, 0.15) is 29.8 Å². The van der Waals surface area contributed by atoms with E-state index in [1.165, 1.54) is 24.6 Å². The molecule has 0 aliphatic carbocycles. The van der Waals surface area contributed by atoms with Crippen LogP contribution in [0.5, 0.6) is 0 Å². The van der Waals surface area contributed by atoms with Crippen LogP contribution in [0.15, 0.2) is 21.6 Å². The lowest BCUT2D eigenvalue weighted by Gasteiger charge is -2.22. The Morgan fingerprint density at radius 2 is 2.42 bits per heavy atom. The van der Waals surface area contributed by atoms with E-state index in [0.717, 1.165) is 31.1 Å². The van der Waals surface area contributed by atoms with Gasteiger partial charge < -0.3 is 15.1 Å². The molecule has 1 aliphatic heterocycles. The van der Waals surface area contributed by atoms with Gasteiger partial charge in [0, 0.05) is 6.54 Å². The van der Waals surface area contributed by atoms with E-state index in [1.54, 1.807) is 6.07 Å². The van der Waals surface area contributed by atoms with E-state index >= 15 is 0 Å². The number of hydrogen-bond donors (Lipinski definition) is 2. The summed E-state index contributed by atoms with van der Waals surface area (Å²) in [5.41, 5.74) is 0. The highest BCUT2D eigenvalue weighted by Gasteiger charge is 2.14. The Labute approximate surface area is 124 Å². The third kappa shape index (κ3) is 5.09. The molecule has 1 aromatic rings. The Bertz CT molecular complexity index is 392. The normalized spacial score (nSPS) is 18.7. The highest BCUT2D eigenvalue weighted by atomic mass is 35.5. The molecule has 6 heteroatoms. The number of piperidine rings is 1. The number of furan rings is 1. The minimum Gasteiger partial charge on any atom is -0.445 e. The molecule has 1 aromatic heterocycles. The molecule has 0 saturated carbocycles. The average molecular weight is 305 g/mol. The van der Waals surface area contributed by atoms with Crippen molar-refractivity contribution in [1.29, 1.82) is 0 Å². The Balaban J connectivity index is 0.00000180. The molecule has 0 bridgehead atoms. The number of rotatable bonds is 5. The molecule has 2 N–H and O–H groups in total. The predicted molar refractivity (Wildman–Crippen MR) is 80.3 cm³/mol. The van der Waals surface area contributed by atoms with E-state index in [9.17, 15) is 4.79 Å². The van der Waals surface area contributed by atoms with E-state index in [2.05, 4.69) is 10.6 Å². The summed E-state index contributed by atoms with van der Waals surface area (Å²) in [5.74, 6) is 0.984. The number of amides is 1. The Kier molecular flexibility index (Phi) is 7.34. The molecule has 1 aliphatic rings. The van der Waals surface area contributed by atoms with Crippen LogP contribution >= 0.6 is 24.2 Å². The summed E-state index contributed by atoms with van der Waals surface area (Å²) in [5, 5.41) is 7.07. The van der Waals surface area contributed by atoms with Crippen molar-refractivity contribution in [3.8, 4) is 0 Å². The van der Waals surface area contributed by atoms with Crippen LogP contribution in [0.3, 0.4) is 0 Å². The van der Waals surface area contributed by atoms with Crippen molar-refractivity contribution in [3.63, 3.8) is 0 Å². The van der Waals surface area contributed by atoms with Crippen molar-refractivity contribution >= 4 is 30.1 Å². The second-order valence-electron chi connectivity index (χ2n) is 4.58. The fourth-order valence-corrected chi connectivity index (χ4v) is 2.58. The van der Waals surface area contributed by atoms with Crippen molar-refractivity contribution in [2.24, 2.45) is 5.92 Å². The van der Waals surface area contributed by atoms with Crippen LogP contribution in [0, 0.1) is 5.92 Å². The molecule has 2 rings (SSSR count).